The van der Waals surface area contributed by atoms with Crippen LogP contribution in [0.15, 0.2) is 34.2 Å². The number of aromatic nitrogens is 2. The molecule has 4 rings (SSSR count). The fraction of sp³-hybridized carbons (Fsp3) is 0.368. The highest BCUT2D eigenvalue weighted by Gasteiger charge is 2.22. The van der Waals surface area contributed by atoms with Crippen LogP contribution < -0.4 is 5.56 Å². The molecule has 0 amide bonds. The molecule has 0 N–H and O–H groups in total. The van der Waals surface area contributed by atoms with E-state index in [9.17, 15) is 14.9 Å². The number of nitro groups is 1. The van der Waals surface area contributed by atoms with Crippen LogP contribution in [0.2, 0.25) is 0 Å². The highest BCUT2D eigenvalue weighted by molar-refractivity contribution is 7.98. The summed E-state index contributed by atoms with van der Waals surface area (Å²) in [6.07, 6.45) is 4.32. The van der Waals surface area contributed by atoms with E-state index in [1.165, 1.54) is 34.7 Å². The average Bonchev–Trinajstić information content (AvgIpc) is 3.05. The van der Waals surface area contributed by atoms with Crippen molar-refractivity contribution in [2.24, 2.45) is 0 Å². The van der Waals surface area contributed by atoms with E-state index >= 15 is 0 Å². The lowest BCUT2D eigenvalue weighted by atomic mass is 9.97. The summed E-state index contributed by atoms with van der Waals surface area (Å²) < 4.78 is 1.73. The second-order valence-electron chi connectivity index (χ2n) is 6.55. The molecule has 2 aromatic heterocycles. The van der Waals surface area contributed by atoms with E-state index in [2.05, 4.69) is 0 Å². The summed E-state index contributed by atoms with van der Waals surface area (Å²) in [5.74, 6) is 0.532. The van der Waals surface area contributed by atoms with Gasteiger partial charge in [-0.2, -0.15) is 0 Å². The van der Waals surface area contributed by atoms with Crippen LogP contribution >= 0.6 is 23.1 Å². The van der Waals surface area contributed by atoms with Crippen LogP contribution in [-0.4, -0.2) is 14.5 Å². The summed E-state index contributed by atoms with van der Waals surface area (Å²) in [4.78, 5) is 30.6. The van der Waals surface area contributed by atoms with E-state index in [1.54, 1.807) is 28.0 Å². The third kappa shape index (κ3) is 3.39. The minimum absolute atomic E-state index is 0.0449. The largest absolute Gasteiger partial charge is 0.287 e. The van der Waals surface area contributed by atoms with Crippen molar-refractivity contribution in [2.45, 2.75) is 50.1 Å². The zero-order valence-electron chi connectivity index (χ0n) is 14.9. The third-order valence-corrected chi connectivity index (χ3v) is 7.08. The van der Waals surface area contributed by atoms with Crippen LogP contribution in [0.25, 0.3) is 10.2 Å². The Labute approximate surface area is 164 Å². The van der Waals surface area contributed by atoms with Crippen molar-refractivity contribution in [3.05, 3.63) is 60.7 Å². The number of aryl methyl sites for hydroxylation is 2. The maximum atomic E-state index is 13.1. The number of thiophene rings is 1. The number of hydrogen-bond donors (Lipinski definition) is 0. The van der Waals surface area contributed by atoms with Crippen molar-refractivity contribution in [3.8, 4) is 0 Å². The number of fused-ring (bicyclic) bond motifs is 3. The van der Waals surface area contributed by atoms with Gasteiger partial charge in [0.25, 0.3) is 11.2 Å². The zero-order chi connectivity index (χ0) is 19.0. The molecule has 8 heteroatoms. The minimum atomic E-state index is -0.392. The summed E-state index contributed by atoms with van der Waals surface area (Å²) in [6, 6.07) is 6.60. The Morgan fingerprint density at radius 2 is 2.15 bits per heavy atom. The topological polar surface area (TPSA) is 78.0 Å². The Balaban J connectivity index is 1.70. The Bertz CT molecular complexity index is 1090. The number of non-ortho nitro benzene ring substituents is 1. The Hall–Kier alpha value is -2.19. The first-order valence-corrected chi connectivity index (χ1v) is 10.8. The van der Waals surface area contributed by atoms with E-state index in [0.29, 0.717) is 17.5 Å². The predicted molar refractivity (Wildman–Crippen MR) is 109 cm³/mol. The van der Waals surface area contributed by atoms with Crippen LogP contribution in [0.1, 0.15) is 35.8 Å². The van der Waals surface area contributed by atoms with Gasteiger partial charge in [-0.1, -0.05) is 23.9 Å². The van der Waals surface area contributed by atoms with Gasteiger partial charge < -0.3 is 0 Å². The van der Waals surface area contributed by atoms with E-state index in [0.717, 1.165) is 35.0 Å². The van der Waals surface area contributed by atoms with Crippen molar-refractivity contribution < 1.29 is 4.92 Å². The molecule has 0 saturated heterocycles. The van der Waals surface area contributed by atoms with Crippen LogP contribution in [0.5, 0.6) is 0 Å². The molecule has 0 atom stereocenters. The quantitative estimate of drug-likeness (QED) is 0.271. The van der Waals surface area contributed by atoms with Crippen molar-refractivity contribution in [1.82, 2.24) is 9.55 Å². The van der Waals surface area contributed by atoms with Crippen molar-refractivity contribution in [3.63, 3.8) is 0 Å². The van der Waals surface area contributed by atoms with Gasteiger partial charge in [0, 0.05) is 29.3 Å². The molecule has 0 spiro atoms. The van der Waals surface area contributed by atoms with Gasteiger partial charge in [0.15, 0.2) is 5.16 Å². The summed E-state index contributed by atoms with van der Waals surface area (Å²) in [7, 11) is 0. The van der Waals surface area contributed by atoms with Gasteiger partial charge in [0.2, 0.25) is 0 Å². The number of benzene rings is 1. The summed E-state index contributed by atoms with van der Waals surface area (Å²) in [5, 5.41) is 12.4. The lowest BCUT2D eigenvalue weighted by molar-refractivity contribution is -0.384. The van der Waals surface area contributed by atoms with Gasteiger partial charge in [-0.15, -0.1) is 11.3 Å². The number of hydrogen-bond acceptors (Lipinski definition) is 6. The number of nitrogens with zero attached hydrogens (tertiary/aromatic N) is 3. The third-order valence-electron chi connectivity index (χ3n) is 4.85. The lowest BCUT2D eigenvalue weighted by Crippen LogP contribution is -2.22. The highest BCUT2D eigenvalue weighted by atomic mass is 32.2. The summed E-state index contributed by atoms with van der Waals surface area (Å²) in [6.45, 7) is 2.51. The molecule has 0 saturated carbocycles. The molecule has 1 aromatic carbocycles. The predicted octanol–water partition coefficient (Wildman–Crippen LogP) is 4.56. The van der Waals surface area contributed by atoms with Gasteiger partial charge >= 0.3 is 0 Å². The molecule has 6 nitrogen and oxygen atoms in total. The Morgan fingerprint density at radius 1 is 1.33 bits per heavy atom. The first kappa shape index (κ1) is 18.2. The maximum absolute atomic E-state index is 13.1. The zero-order valence-corrected chi connectivity index (χ0v) is 16.6. The molecule has 3 aromatic rings. The highest BCUT2D eigenvalue weighted by Crippen LogP contribution is 2.35. The van der Waals surface area contributed by atoms with Crippen LogP contribution in [0, 0.1) is 10.1 Å². The first-order valence-electron chi connectivity index (χ1n) is 8.99. The summed E-state index contributed by atoms with van der Waals surface area (Å²) in [5.41, 5.74) is 2.17. The molecule has 27 heavy (non-hydrogen) atoms. The monoisotopic (exact) mass is 401 g/mol. The van der Waals surface area contributed by atoms with E-state index in [-0.39, 0.29) is 11.2 Å². The van der Waals surface area contributed by atoms with Gasteiger partial charge in [0.05, 0.1) is 10.3 Å². The number of rotatable bonds is 5. The molecule has 0 bridgehead atoms. The second kappa shape index (κ2) is 7.44. The van der Waals surface area contributed by atoms with Crippen LogP contribution in [0.4, 0.5) is 5.69 Å². The van der Waals surface area contributed by atoms with Gasteiger partial charge in [-0.05, 0) is 43.7 Å². The summed E-state index contributed by atoms with van der Waals surface area (Å²) >= 11 is 3.10. The van der Waals surface area contributed by atoms with E-state index in [4.69, 9.17) is 4.98 Å². The molecule has 0 fully saturated rings. The van der Waals surface area contributed by atoms with Crippen molar-refractivity contribution in [2.75, 3.05) is 0 Å². The van der Waals surface area contributed by atoms with Gasteiger partial charge in [0.1, 0.15) is 4.83 Å². The number of nitro benzene ring substituents is 1. The maximum Gasteiger partial charge on any atom is 0.269 e. The second-order valence-corrected chi connectivity index (χ2v) is 8.58. The smallest absolute Gasteiger partial charge is 0.269 e. The van der Waals surface area contributed by atoms with Gasteiger partial charge in [-0.3, -0.25) is 19.5 Å². The Kier molecular flexibility index (Phi) is 5.01. The molecular weight excluding hydrogens is 382 g/mol. The molecule has 1 aliphatic carbocycles. The van der Waals surface area contributed by atoms with Gasteiger partial charge in [-0.25, -0.2) is 4.98 Å². The number of thioether (sulfide) groups is 1. The van der Waals surface area contributed by atoms with E-state index < -0.39 is 4.92 Å². The molecule has 1 aliphatic rings. The SMILES string of the molecule is CCn1c(SCc2cccc([N+](=O)[O-])c2)nc2sc3c(c2c1=O)CCCC3. The minimum Gasteiger partial charge on any atom is -0.287 e. The normalized spacial score (nSPS) is 13.7. The molecule has 0 unspecified atom stereocenters. The molecule has 0 aliphatic heterocycles. The molecule has 0 radical (unpaired) electrons. The van der Waals surface area contributed by atoms with Crippen LogP contribution in [-0.2, 0) is 25.1 Å². The fourth-order valence-corrected chi connectivity index (χ4v) is 5.83. The fourth-order valence-electron chi connectivity index (χ4n) is 3.52. The Morgan fingerprint density at radius 3 is 2.93 bits per heavy atom. The standard InChI is InChI=1S/C19H19N3O3S2/c1-2-21-18(23)16-14-8-3-4-9-15(14)27-17(16)20-19(21)26-11-12-6-5-7-13(10-12)22(24)25/h5-7,10H,2-4,8-9,11H2,1H3. The van der Waals surface area contributed by atoms with Crippen LogP contribution in [0.3, 0.4) is 0 Å². The molecule has 2 heterocycles. The lowest BCUT2D eigenvalue weighted by Gasteiger charge is -2.12. The molecule has 140 valence electrons. The average molecular weight is 402 g/mol. The molecular formula is C19H19N3O3S2. The first-order chi connectivity index (χ1) is 13.1. The van der Waals surface area contributed by atoms with E-state index in [1.807, 2.05) is 13.0 Å². The van der Waals surface area contributed by atoms with Crippen molar-refractivity contribution >= 4 is 39.0 Å². The van der Waals surface area contributed by atoms with Crippen molar-refractivity contribution in [1.29, 1.82) is 0 Å².